The van der Waals surface area contributed by atoms with Gasteiger partial charge in [0.05, 0.1) is 11.1 Å². The molecule has 0 saturated heterocycles. The van der Waals surface area contributed by atoms with Gasteiger partial charge < -0.3 is 5.73 Å². The van der Waals surface area contributed by atoms with Crippen molar-refractivity contribution in [1.29, 1.82) is 5.26 Å². The van der Waals surface area contributed by atoms with Crippen LogP contribution in [0.15, 0.2) is 12.1 Å². The summed E-state index contributed by atoms with van der Waals surface area (Å²) in [5.41, 5.74) is 0.919. The maximum absolute atomic E-state index is 12.9. The third kappa shape index (κ3) is 1.95. The topological polar surface area (TPSA) is 66.9 Å². The minimum Gasteiger partial charge on any atom is -0.366 e. The van der Waals surface area contributed by atoms with E-state index in [-0.39, 0.29) is 0 Å². The van der Waals surface area contributed by atoms with Crippen molar-refractivity contribution in [2.75, 3.05) is 0 Å². The maximum Gasteiger partial charge on any atom is 0.418 e. The number of nitriles is 1. The van der Waals surface area contributed by atoms with Gasteiger partial charge in [-0.3, -0.25) is 4.79 Å². The fourth-order valence-electron chi connectivity index (χ4n) is 1.19. The largest absolute Gasteiger partial charge is 0.418 e. The number of halogens is 4. The summed E-state index contributed by atoms with van der Waals surface area (Å²) in [6, 6.07) is 2.25. The number of hydrogen-bond acceptors (Lipinski definition) is 2. The monoisotopic (exact) mass is 232 g/mol. The molecule has 0 bridgehead atoms. The number of nitrogens with zero attached hydrogens (tertiary/aromatic N) is 1. The fourth-order valence-corrected chi connectivity index (χ4v) is 1.19. The Morgan fingerprint density at radius 3 is 2.31 bits per heavy atom. The summed E-state index contributed by atoms with van der Waals surface area (Å²) in [7, 11) is 0. The van der Waals surface area contributed by atoms with Gasteiger partial charge in [0.2, 0.25) is 5.91 Å². The predicted octanol–water partition coefficient (Wildman–Crippen LogP) is 1.82. The Kier molecular flexibility index (Phi) is 2.85. The first-order valence-corrected chi connectivity index (χ1v) is 3.88. The van der Waals surface area contributed by atoms with Crippen molar-refractivity contribution >= 4 is 5.91 Å². The van der Waals surface area contributed by atoms with E-state index in [4.69, 9.17) is 11.0 Å². The molecule has 16 heavy (non-hydrogen) atoms. The Hall–Kier alpha value is -2.10. The van der Waals surface area contributed by atoms with Crippen LogP contribution in [-0.4, -0.2) is 5.91 Å². The van der Waals surface area contributed by atoms with Gasteiger partial charge in [-0.2, -0.15) is 18.4 Å². The van der Waals surface area contributed by atoms with E-state index in [1.165, 1.54) is 0 Å². The number of hydrogen-bond donors (Lipinski definition) is 1. The Morgan fingerprint density at radius 1 is 1.38 bits per heavy atom. The molecule has 0 radical (unpaired) electrons. The normalized spacial score (nSPS) is 10.9. The Labute approximate surface area is 87.1 Å². The van der Waals surface area contributed by atoms with E-state index in [0.29, 0.717) is 12.1 Å². The van der Waals surface area contributed by atoms with Crippen molar-refractivity contribution in [2.24, 2.45) is 5.73 Å². The van der Waals surface area contributed by atoms with Crippen LogP contribution in [0.2, 0.25) is 0 Å². The van der Waals surface area contributed by atoms with E-state index in [2.05, 4.69) is 0 Å². The fraction of sp³-hybridized carbons (Fsp3) is 0.111. The molecular formula is C9H4F4N2O. The molecule has 0 aliphatic heterocycles. The zero-order chi connectivity index (χ0) is 12.5. The molecule has 0 saturated carbocycles. The summed E-state index contributed by atoms with van der Waals surface area (Å²) >= 11 is 0. The molecule has 0 aliphatic rings. The van der Waals surface area contributed by atoms with Gasteiger partial charge in [0.25, 0.3) is 0 Å². The maximum atomic E-state index is 12.9. The van der Waals surface area contributed by atoms with Gasteiger partial charge in [-0.15, -0.1) is 0 Å². The van der Waals surface area contributed by atoms with Crippen molar-refractivity contribution < 1.29 is 22.4 Å². The molecule has 2 N–H and O–H groups in total. The van der Waals surface area contributed by atoms with Crippen molar-refractivity contribution in [3.05, 3.63) is 34.6 Å². The lowest BCUT2D eigenvalue weighted by Crippen LogP contribution is -2.21. The number of amides is 1. The smallest absolute Gasteiger partial charge is 0.366 e. The van der Waals surface area contributed by atoms with Crippen molar-refractivity contribution in [3.63, 3.8) is 0 Å². The van der Waals surface area contributed by atoms with Crippen LogP contribution in [0.3, 0.4) is 0 Å². The van der Waals surface area contributed by atoms with Crippen molar-refractivity contribution in [1.82, 2.24) is 0 Å². The van der Waals surface area contributed by atoms with Gasteiger partial charge in [-0.25, -0.2) is 4.39 Å². The molecule has 0 aliphatic carbocycles. The van der Waals surface area contributed by atoms with E-state index in [0.717, 1.165) is 6.07 Å². The summed E-state index contributed by atoms with van der Waals surface area (Å²) in [6.07, 6.45) is -5.02. The highest BCUT2D eigenvalue weighted by molar-refractivity contribution is 5.95. The van der Waals surface area contributed by atoms with Gasteiger partial charge in [-0.1, -0.05) is 0 Å². The molecule has 0 heterocycles. The van der Waals surface area contributed by atoms with Gasteiger partial charge >= 0.3 is 6.18 Å². The highest BCUT2D eigenvalue weighted by Gasteiger charge is 2.39. The van der Waals surface area contributed by atoms with Crippen molar-refractivity contribution in [3.8, 4) is 6.07 Å². The number of benzene rings is 1. The minimum absolute atomic E-state index is 0.591. The molecule has 0 atom stereocenters. The van der Waals surface area contributed by atoms with Crippen LogP contribution in [0.25, 0.3) is 0 Å². The molecule has 1 aromatic carbocycles. The zero-order valence-electron chi connectivity index (χ0n) is 7.60. The number of carbonyl (C=O) groups is 1. The zero-order valence-corrected chi connectivity index (χ0v) is 7.60. The number of nitrogens with two attached hydrogens (primary N) is 1. The molecule has 1 amide bonds. The summed E-state index contributed by atoms with van der Waals surface area (Å²) < 4.78 is 50.5. The lowest BCUT2D eigenvalue weighted by Gasteiger charge is -2.12. The molecule has 0 spiro atoms. The molecule has 84 valence electrons. The Morgan fingerprint density at radius 2 is 1.94 bits per heavy atom. The molecule has 1 rings (SSSR count). The third-order valence-electron chi connectivity index (χ3n) is 1.82. The average molecular weight is 232 g/mol. The van der Waals surface area contributed by atoms with Crippen LogP contribution in [0.1, 0.15) is 21.5 Å². The van der Waals surface area contributed by atoms with E-state index < -0.39 is 34.6 Å². The summed E-state index contributed by atoms with van der Waals surface area (Å²) in [4.78, 5) is 10.7. The second kappa shape index (κ2) is 3.81. The summed E-state index contributed by atoms with van der Waals surface area (Å²) in [5, 5.41) is 8.43. The van der Waals surface area contributed by atoms with E-state index in [1.807, 2.05) is 0 Å². The van der Waals surface area contributed by atoms with Crippen LogP contribution in [0.4, 0.5) is 17.6 Å². The van der Waals surface area contributed by atoms with E-state index >= 15 is 0 Å². The molecule has 7 heteroatoms. The predicted molar refractivity (Wildman–Crippen MR) is 44.6 cm³/mol. The minimum atomic E-state index is -5.02. The first-order chi connectivity index (χ1) is 7.29. The summed E-state index contributed by atoms with van der Waals surface area (Å²) in [6.45, 7) is 0. The quantitative estimate of drug-likeness (QED) is 0.750. The Balaban J connectivity index is 3.70. The molecule has 1 aromatic rings. The Bertz CT molecular complexity index is 488. The molecule has 0 fully saturated rings. The molecular weight excluding hydrogens is 228 g/mol. The van der Waals surface area contributed by atoms with Gasteiger partial charge in [-0.05, 0) is 12.1 Å². The summed E-state index contributed by atoms with van der Waals surface area (Å²) in [5.74, 6) is -2.72. The van der Waals surface area contributed by atoms with Crippen LogP contribution < -0.4 is 5.73 Å². The first kappa shape index (κ1) is 12.0. The van der Waals surface area contributed by atoms with E-state index in [1.54, 1.807) is 0 Å². The van der Waals surface area contributed by atoms with Crippen molar-refractivity contribution in [2.45, 2.75) is 6.18 Å². The highest BCUT2D eigenvalue weighted by Crippen LogP contribution is 2.35. The number of rotatable bonds is 1. The van der Waals surface area contributed by atoms with Crippen LogP contribution in [-0.2, 0) is 6.18 Å². The van der Waals surface area contributed by atoms with Crippen LogP contribution >= 0.6 is 0 Å². The first-order valence-electron chi connectivity index (χ1n) is 3.88. The number of carbonyl (C=O) groups excluding carboxylic acids is 1. The van der Waals surface area contributed by atoms with Crippen LogP contribution in [0.5, 0.6) is 0 Å². The number of primary amides is 1. The second-order valence-electron chi connectivity index (χ2n) is 2.82. The highest BCUT2D eigenvalue weighted by atomic mass is 19.4. The molecule has 3 nitrogen and oxygen atoms in total. The lowest BCUT2D eigenvalue weighted by molar-refractivity contribution is -0.138. The number of alkyl halides is 3. The SMILES string of the molecule is N#Cc1c(F)ccc(C(N)=O)c1C(F)(F)F. The second-order valence-corrected chi connectivity index (χ2v) is 2.82. The lowest BCUT2D eigenvalue weighted by atomic mass is 10.00. The standard InChI is InChI=1S/C9H4F4N2O/c10-6-2-1-4(8(15)16)7(5(6)3-14)9(11,12)13/h1-2H,(H2,15,16). The third-order valence-corrected chi connectivity index (χ3v) is 1.82. The van der Waals surface area contributed by atoms with Gasteiger partial charge in [0.15, 0.2) is 0 Å². The van der Waals surface area contributed by atoms with Crippen LogP contribution in [0, 0.1) is 17.1 Å². The average Bonchev–Trinajstić information content (AvgIpc) is 2.15. The molecule has 0 aromatic heterocycles. The van der Waals surface area contributed by atoms with Gasteiger partial charge in [0.1, 0.15) is 17.4 Å². The molecule has 0 unspecified atom stereocenters. The van der Waals surface area contributed by atoms with Gasteiger partial charge in [0, 0.05) is 0 Å². The van der Waals surface area contributed by atoms with E-state index in [9.17, 15) is 22.4 Å².